The van der Waals surface area contributed by atoms with Crippen LogP contribution in [0.15, 0.2) is 0 Å². The van der Waals surface area contributed by atoms with E-state index < -0.39 is 5.97 Å². The largest absolute Gasteiger partial charge is 0.481 e. The van der Waals surface area contributed by atoms with E-state index in [9.17, 15) is 9.59 Å². The Bertz CT molecular complexity index is 437. The second-order valence-corrected chi connectivity index (χ2v) is 7.74. The van der Waals surface area contributed by atoms with Crippen LogP contribution < -0.4 is 5.32 Å². The van der Waals surface area contributed by atoms with Crippen molar-refractivity contribution in [2.75, 3.05) is 6.54 Å². The van der Waals surface area contributed by atoms with Gasteiger partial charge < -0.3 is 15.3 Å². The Morgan fingerprint density at radius 2 is 1.71 bits per heavy atom. The van der Waals surface area contributed by atoms with E-state index >= 15 is 0 Å². The number of rotatable bonds is 3. The Morgan fingerprint density at radius 3 is 2.19 bits per heavy atom. The molecule has 1 heterocycles. The minimum Gasteiger partial charge on any atom is -0.481 e. The number of likely N-dealkylation sites (tertiary alicyclic amines) is 1. The third-order valence-electron chi connectivity index (χ3n) is 5.45. The van der Waals surface area contributed by atoms with Crippen LogP contribution in [0.1, 0.15) is 52.4 Å². The topological polar surface area (TPSA) is 69.6 Å². The fourth-order valence-electron chi connectivity index (χ4n) is 4.19. The fourth-order valence-corrected chi connectivity index (χ4v) is 4.19. The molecule has 5 nitrogen and oxygen atoms in total. The first kappa shape index (κ1) is 14.7. The summed E-state index contributed by atoms with van der Waals surface area (Å²) in [4.78, 5) is 25.4. The summed E-state index contributed by atoms with van der Waals surface area (Å²) in [6, 6.07) is 0.606. The summed E-state index contributed by atoms with van der Waals surface area (Å²) in [5.74, 6) is -0.222. The lowest BCUT2D eigenvalue weighted by molar-refractivity contribution is -0.142. The van der Waals surface area contributed by atoms with Crippen LogP contribution in [0, 0.1) is 17.3 Å². The van der Waals surface area contributed by atoms with Crippen LogP contribution in [0.3, 0.4) is 0 Å². The fraction of sp³-hybridized carbons (Fsp3) is 0.875. The lowest BCUT2D eigenvalue weighted by atomic mass is 9.72. The number of hydrogen-bond donors (Lipinski definition) is 2. The number of carboxylic acids is 1. The van der Waals surface area contributed by atoms with Crippen LogP contribution >= 0.6 is 0 Å². The van der Waals surface area contributed by atoms with Crippen molar-refractivity contribution < 1.29 is 14.7 Å². The first-order valence-corrected chi connectivity index (χ1v) is 8.18. The molecule has 1 aliphatic heterocycles. The third kappa shape index (κ3) is 2.87. The molecule has 1 saturated heterocycles. The Labute approximate surface area is 126 Å². The number of aliphatic carboxylic acids is 1. The average molecular weight is 294 g/mol. The highest BCUT2D eigenvalue weighted by Gasteiger charge is 2.54. The Morgan fingerprint density at radius 1 is 1.10 bits per heavy atom. The van der Waals surface area contributed by atoms with Crippen molar-refractivity contribution >= 4 is 12.0 Å². The van der Waals surface area contributed by atoms with E-state index in [1.165, 1.54) is 12.8 Å². The van der Waals surface area contributed by atoms with Crippen LogP contribution in [0.5, 0.6) is 0 Å². The lowest BCUT2D eigenvalue weighted by Crippen LogP contribution is -2.67. The van der Waals surface area contributed by atoms with Crippen molar-refractivity contribution in [3.63, 3.8) is 0 Å². The van der Waals surface area contributed by atoms with E-state index in [1.807, 2.05) is 4.90 Å². The summed E-state index contributed by atoms with van der Waals surface area (Å²) in [7, 11) is 0. The maximum Gasteiger partial charge on any atom is 0.317 e. The van der Waals surface area contributed by atoms with E-state index in [2.05, 4.69) is 19.2 Å². The summed E-state index contributed by atoms with van der Waals surface area (Å²) in [5.41, 5.74) is 0.249. The maximum atomic E-state index is 12.4. The number of carbonyl (C=O) groups is 2. The maximum absolute atomic E-state index is 12.4. The van der Waals surface area contributed by atoms with Crippen LogP contribution in [0.25, 0.3) is 0 Å². The number of carboxylic acid groups (broad SMARTS) is 1. The number of nitrogens with one attached hydrogen (secondary N) is 1. The molecule has 0 aromatic carbocycles. The molecular weight excluding hydrogens is 268 g/mol. The molecular formula is C16H26N2O3. The molecule has 2 amide bonds. The molecule has 0 radical (unpaired) electrons. The minimum atomic E-state index is -0.696. The molecule has 0 bridgehead atoms. The van der Waals surface area contributed by atoms with Gasteiger partial charge in [0.05, 0.1) is 5.92 Å². The van der Waals surface area contributed by atoms with Crippen LogP contribution in [-0.4, -0.2) is 40.6 Å². The van der Waals surface area contributed by atoms with Gasteiger partial charge in [-0.25, -0.2) is 4.79 Å². The molecule has 3 rings (SSSR count). The standard InChI is InChI=1S/C16H26N2O3/c1-16(2)9-18(13(16)10-3-4-10)15(21)17-12-7-5-11(6-8-12)14(19)20/h10-13H,3-9H2,1-2H3,(H,17,21)(H,19,20). The van der Waals surface area contributed by atoms with Crippen molar-refractivity contribution in [3.05, 3.63) is 0 Å². The van der Waals surface area contributed by atoms with Gasteiger partial charge in [-0.1, -0.05) is 13.8 Å². The molecule has 21 heavy (non-hydrogen) atoms. The molecule has 2 N–H and O–H groups in total. The molecule has 1 unspecified atom stereocenters. The van der Waals surface area contributed by atoms with Crippen molar-refractivity contribution in [2.24, 2.45) is 17.3 Å². The molecule has 2 saturated carbocycles. The van der Waals surface area contributed by atoms with Gasteiger partial charge in [0, 0.05) is 24.0 Å². The van der Waals surface area contributed by atoms with Crippen molar-refractivity contribution in [2.45, 2.75) is 64.5 Å². The third-order valence-corrected chi connectivity index (χ3v) is 5.45. The Hall–Kier alpha value is -1.26. The predicted molar refractivity (Wildman–Crippen MR) is 78.9 cm³/mol. The quantitative estimate of drug-likeness (QED) is 0.840. The van der Waals surface area contributed by atoms with Gasteiger partial charge in [-0.2, -0.15) is 0 Å². The first-order valence-electron chi connectivity index (χ1n) is 8.18. The van der Waals surface area contributed by atoms with Gasteiger partial charge in [-0.15, -0.1) is 0 Å². The van der Waals surface area contributed by atoms with Gasteiger partial charge in [0.25, 0.3) is 0 Å². The molecule has 0 aromatic heterocycles. The molecule has 2 aliphatic carbocycles. The first-order chi connectivity index (χ1) is 9.88. The molecule has 5 heteroatoms. The Kier molecular flexibility index (Phi) is 3.62. The second kappa shape index (κ2) is 5.18. The molecule has 3 aliphatic rings. The molecule has 0 aromatic rings. The number of urea groups is 1. The number of carbonyl (C=O) groups excluding carboxylic acids is 1. The highest BCUT2D eigenvalue weighted by Crippen LogP contribution is 2.50. The zero-order chi connectivity index (χ0) is 15.2. The van der Waals surface area contributed by atoms with Crippen LogP contribution in [0.4, 0.5) is 4.79 Å². The normalized spacial score (nSPS) is 35.0. The van der Waals surface area contributed by atoms with Crippen molar-refractivity contribution in [1.82, 2.24) is 10.2 Å². The molecule has 118 valence electrons. The van der Waals surface area contributed by atoms with Crippen molar-refractivity contribution in [1.29, 1.82) is 0 Å². The highest BCUT2D eigenvalue weighted by molar-refractivity contribution is 5.76. The number of nitrogens with zero attached hydrogens (tertiary/aromatic N) is 1. The molecule has 1 atom stereocenters. The van der Waals surface area contributed by atoms with Gasteiger partial charge in [0.1, 0.15) is 0 Å². The van der Waals surface area contributed by atoms with Crippen molar-refractivity contribution in [3.8, 4) is 0 Å². The average Bonchev–Trinajstić information content (AvgIpc) is 3.21. The summed E-state index contributed by atoms with van der Waals surface area (Å²) in [6.45, 7) is 5.33. The second-order valence-electron chi connectivity index (χ2n) is 7.74. The number of hydrogen-bond acceptors (Lipinski definition) is 2. The van der Waals surface area contributed by atoms with E-state index in [1.54, 1.807) is 0 Å². The molecule has 0 spiro atoms. The van der Waals surface area contributed by atoms with E-state index in [0.717, 1.165) is 19.4 Å². The van der Waals surface area contributed by atoms with Gasteiger partial charge in [-0.3, -0.25) is 4.79 Å². The summed E-state index contributed by atoms with van der Waals surface area (Å²) in [5, 5.41) is 12.1. The highest BCUT2D eigenvalue weighted by atomic mass is 16.4. The number of amides is 2. The van der Waals surface area contributed by atoms with Crippen LogP contribution in [-0.2, 0) is 4.79 Å². The predicted octanol–water partition coefficient (Wildman–Crippen LogP) is 2.46. The van der Waals surface area contributed by atoms with Gasteiger partial charge in [0.2, 0.25) is 0 Å². The van der Waals surface area contributed by atoms with E-state index in [-0.39, 0.29) is 23.4 Å². The summed E-state index contributed by atoms with van der Waals surface area (Å²) in [6.07, 6.45) is 5.43. The van der Waals surface area contributed by atoms with E-state index in [4.69, 9.17) is 5.11 Å². The zero-order valence-corrected chi connectivity index (χ0v) is 13.0. The van der Waals surface area contributed by atoms with Gasteiger partial charge in [0.15, 0.2) is 0 Å². The lowest BCUT2D eigenvalue weighted by Gasteiger charge is -2.55. The van der Waals surface area contributed by atoms with Gasteiger partial charge in [-0.05, 0) is 44.4 Å². The van der Waals surface area contributed by atoms with Crippen LogP contribution in [0.2, 0.25) is 0 Å². The summed E-state index contributed by atoms with van der Waals surface area (Å²) < 4.78 is 0. The monoisotopic (exact) mass is 294 g/mol. The van der Waals surface area contributed by atoms with Gasteiger partial charge >= 0.3 is 12.0 Å². The summed E-state index contributed by atoms with van der Waals surface area (Å²) >= 11 is 0. The Balaban J connectivity index is 1.50. The molecule has 3 fully saturated rings. The van der Waals surface area contributed by atoms with E-state index in [0.29, 0.717) is 24.8 Å². The minimum absolute atomic E-state index is 0.0602. The zero-order valence-electron chi connectivity index (χ0n) is 13.0. The smallest absolute Gasteiger partial charge is 0.317 e. The SMILES string of the molecule is CC1(C)CN(C(=O)NC2CCC(C(=O)O)CC2)C1C1CC1.